The molecular formula is C5H11KO3. The van der Waals surface area contributed by atoms with E-state index in [4.69, 9.17) is 5.11 Å². The topological polar surface area (TPSA) is 68.8 Å². The summed E-state index contributed by atoms with van der Waals surface area (Å²) in [7, 11) is 0. The van der Waals surface area contributed by atoms with Gasteiger partial charge in [0.2, 0.25) is 0 Å². The second kappa shape index (κ2) is 8.81. The van der Waals surface area contributed by atoms with Crippen molar-refractivity contribution >= 4 is 57.2 Å². The number of ketones is 1. The summed E-state index contributed by atoms with van der Waals surface area (Å²) in [5.41, 5.74) is 0. The standard InChI is InChI=1S/C5H8O2.K.H2O.H/c1-4(6)3-5(2)7;;;/h3,6H,1-2H3;;1H2;/b4-3-;;;. The molecule has 0 saturated heterocycles. The van der Waals surface area contributed by atoms with E-state index < -0.39 is 0 Å². The Bertz CT molecular complexity index is 105. The van der Waals surface area contributed by atoms with E-state index in [1.807, 2.05) is 0 Å². The maximum absolute atomic E-state index is 10.0. The molecule has 0 heterocycles. The molecule has 0 rings (SSSR count). The van der Waals surface area contributed by atoms with E-state index in [-0.39, 0.29) is 68.4 Å². The van der Waals surface area contributed by atoms with Gasteiger partial charge in [0.1, 0.15) is 0 Å². The molecule has 0 aliphatic heterocycles. The Morgan fingerprint density at radius 2 is 1.78 bits per heavy atom. The number of allylic oxidation sites excluding steroid dienone is 2. The van der Waals surface area contributed by atoms with E-state index in [1.54, 1.807) is 0 Å². The van der Waals surface area contributed by atoms with Crippen molar-refractivity contribution in [2.24, 2.45) is 0 Å². The predicted molar refractivity (Wildman–Crippen MR) is 37.8 cm³/mol. The molecular weight excluding hydrogens is 147 g/mol. The molecule has 3 N–H and O–H groups in total. The number of carbonyl (C=O) groups is 1. The van der Waals surface area contributed by atoms with Gasteiger partial charge in [-0.15, -0.1) is 0 Å². The molecule has 0 saturated carbocycles. The van der Waals surface area contributed by atoms with E-state index in [9.17, 15) is 4.79 Å². The third kappa shape index (κ3) is 17.7. The summed E-state index contributed by atoms with van der Waals surface area (Å²) in [4.78, 5) is 10.0. The first-order valence-electron chi connectivity index (χ1n) is 2.01. The fourth-order valence-electron chi connectivity index (χ4n) is 0.294. The molecule has 0 amide bonds. The Morgan fingerprint density at radius 3 is 1.78 bits per heavy atom. The number of carbonyl (C=O) groups excluding carboxylic acids is 1. The van der Waals surface area contributed by atoms with E-state index >= 15 is 0 Å². The van der Waals surface area contributed by atoms with Crippen LogP contribution in [0.15, 0.2) is 11.8 Å². The fourth-order valence-corrected chi connectivity index (χ4v) is 0.294. The van der Waals surface area contributed by atoms with Crippen LogP contribution in [0, 0.1) is 0 Å². The molecule has 0 radical (unpaired) electrons. The molecule has 0 atom stereocenters. The number of hydrogen-bond acceptors (Lipinski definition) is 2. The molecule has 0 fully saturated rings. The Morgan fingerprint density at radius 1 is 1.44 bits per heavy atom. The van der Waals surface area contributed by atoms with Crippen LogP contribution in [0.1, 0.15) is 13.8 Å². The fraction of sp³-hybridized carbons (Fsp3) is 0.400. The number of aliphatic hydroxyl groups excluding tert-OH is 1. The molecule has 0 aromatic rings. The molecule has 9 heavy (non-hydrogen) atoms. The predicted octanol–water partition coefficient (Wildman–Crippen LogP) is -0.436. The first-order valence-corrected chi connectivity index (χ1v) is 2.01. The first-order chi connectivity index (χ1) is 3.13. The molecule has 3 nitrogen and oxygen atoms in total. The first kappa shape index (κ1) is 16.4. The third-order valence-corrected chi connectivity index (χ3v) is 0.412. The number of hydrogen-bond donors (Lipinski definition) is 1. The van der Waals surface area contributed by atoms with Crippen LogP contribution in [-0.2, 0) is 4.79 Å². The van der Waals surface area contributed by atoms with Crippen molar-refractivity contribution in [2.75, 3.05) is 0 Å². The summed E-state index contributed by atoms with van der Waals surface area (Å²) >= 11 is 0. The Labute approximate surface area is 96.9 Å². The molecule has 50 valence electrons. The van der Waals surface area contributed by atoms with Gasteiger partial charge < -0.3 is 10.6 Å². The average Bonchev–Trinajstić information content (AvgIpc) is 1.27. The second-order valence-electron chi connectivity index (χ2n) is 1.40. The quantitative estimate of drug-likeness (QED) is 0.319. The van der Waals surface area contributed by atoms with Crippen LogP contribution in [0.3, 0.4) is 0 Å². The van der Waals surface area contributed by atoms with Crippen LogP contribution in [0.2, 0.25) is 0 Å². The minimum atomic E-state index is -0.125. The van der Waals surface area contributed by atoms with E-state index in [0.717, 1.165) is 0 Å². The second-order valence-corrected chi connectivity index (χ2v) is 1.40. The SMILES string of the molecule is CC(=O)/C=C(/C)O.O.[KH]. The summed E-state index contributed by atoms with van der Waals surface area (Å²) < 4.78 is 0. The maximum atomic E-state index is 10.0. The summed E-state index contributed by atoms with van der Waals surface area (Å²) in [6.45, 7) is 2.85. The van der Waals surface area contributed by atoms with Crippen molar-refractivity contribution in [1.29, 1.82) is 0 Å². The Balaban J connectivity index is -0.000000180. The number of rotatable bonds is 1. The van der Waals surface area contributed by atoms with Crippen LogP contribution >= 0.6 is 0 Å². The van der Waals surface area contributed by atoms with Gasteiger partial charge in [-0.25, -0.2) is 0 Å². The third-order valence-electron chi connectivity index (χ3n) is 0.412. The van der Waals surface area contributed by atoms with Crippen molar-refractivity contribution in [3.63, 3.8) is 0 Å². The minimum absolute atomic E-state index is 0. The van der Waals surface area contributed by atoms with Gasteiger partial charge in [-0.3, -0.25) is 4.79 Å². The van der Waals surface area contributed by atoms with E-state index in [1.165, 1.54) is 19.9 Å². The molecule has 4 heteroatoms. The van der Waals surface area contributed by atoms with Gasteiger partial charge in [-0.2, -0.15) is 0 Å². The Kier molecular flexibility index (Phi) is 16.1. The van der Waals surface area contributed by atoms with E-state index in [0.29, 0.717) is 0 Å². The normalized spacial score (nSPS) is 8.89. The molecule has 0 spiro atoms. The van der Waals surface area contributed by atoms with Crippen molar-refractivity contribution in [3.8, 4) is 0 Å². The van der Waals surface area contributed by atoms with Crippen molar-refractivity contribution in [3.05, 3.63) is 11.8 Å². The molecule has 0 aliphatic rings. The average molecular weight is 158 g/mol. The van der Waals surface area contributed by atoms with Gasteiger partial charge in [0.15, 0.2) is 5.78 Å². The summed E-state index contributed by atoms with van der Waals surface area (Å²) in [6, 6.07) is 0. The molecule has 0 bridgehead atoms. The summed E-state index contributed by atoms with van der Waals surface area (Å²) in [6.07, 6.45) is 1.17. The van der Waals surface area contributed by atoms with Gasteiger partial charge in [0, 0.05) is 6.08 Å². The number of aliphatic hydroxyl groups is 1. The van der Waals surface area contributed by atoms with Crippen LogP contribution in [0.25, 0.3) is 0 Å². The molecule has 0 aromatic heterocycles. The van der Waals surface area contributed by atoms with Gasteiger partial charge in [0.05, 0.1) is 5.76 Å². The van der Waals surface area contributed by atoms with Crippen molar-refractivity contribution < 1.29 is 15.4 Å². The molecule has 0 aliphatic carbocycles. The van der Waals surface area contributed by atoms with E-state index in [2.05, 4.69) is 0 Å². The van der Waals surface area contributed by atoms with Crippen LogP contribution in [-0.4, -0.2) is 67.8 Å². The zero-order valence-corrected chi connectivity index (χ0v) is 4.93. The summed E-state index contributed by atoms with van der Waals surface area (Å²) in [5.74, 6) is -0.0625. The molecule has 0 aromatic carbocycles. The monoisotopic (exact) mass is 158 g/mol. The summed E-state index contributed by atoms with van der Waals surface area (Å²) in [5, 5.41) is 8.36. The van der Waals surface area contributed by atoms with Crippen LogP contribution in [0.5, 0.6) is 0 Å². The van der Waals surface area contributed by atoms with Gasteiger partial charge >= 0.3 is 51.4 Å². The Hall–Kier alpha value is 0.806. The van der Waals surface area contributed by atoms with Gasteiger partial charge in [0.25, 0.3) is 0 Å². The van der Waals surface area contributed by atoms with Gasteiger partial charge in [-0.05, 0) is 13.8 Å². The van der Waals surface area contributed by atoms with Crippen LogP contribution in [0.4, 0.5) is 0 Å². The van der Waals surface area contributed by atoms with Crippen molar-refractivity contribution in [2.45, 2.75) is 13.8 Å². The van der Waals surface area contributed by atoms with Crippen molar-refractivity contribution in [1.82, 2.24) is 0 Å². The van der Waals surface area contributed by atoms with Gasteiger partial charge in [-0.1, -0.05) is 0 Å². The zero-order chi connectivity index (χ0) is 5.86. The van der Waals surface area contributed by atoms with Crippen LogP contribution < -0.4 is 0 Å². The zero-order valence-electron chi connectivity index (χ0n) is 4.93. The molecule has 0 unspecified atom stereocenters.